The van der Waals surface area contributed by atoms with Crippen LogP contribution in [0.5, 0.6) is 0 Å². The van der Waals surface area contributed by atoms with E-state index < -0.39 is 0 Å². The largest absolute Gasteiger partial charge is 0.354 e. The molecular weight excluding hydrogens is 272 g/mol. The monoisotopic (exact) mass is 296 g/mol. The molecule has 1 unspecified atom stereocenters. The van der Waals surface area contributed by atoms with Crippen molar-refractivity contribution < 1.29 is 4.79 Å². The minimum Gasteiger partial charge on any atom is -0.354 e. The average molecular weight is 297 g/mol. The Kier molecular flexibility index (Phi) is 6.50. The third kappa shape index (κ3) is 4.80. The summed E-state index contributed by atoms with van der Waals surface area (Å²) in [5.74, 6) is 0.00110. The summed E-state index contributed by atoms with van der Waals surface area (Å²) in [5.41, 5.74) is 7.45. The molecule has 2 rings (SSSR count). The van der Waals surface area contributed by atoms with Gasteiger partial charge in [0.25, 0.3) is 0 Å². The molecule has 0 aromatic heterocycles. The number of nitrogens with one attached hydrogen (secondary N) is 1. The first-order valence-corrected chi connectivity index (χ1v) is 7.22. The number of nitrogens with two attached hydrogens (primary N) is 1. The smallest absolute Gasteiger partial charge is 0.236 e. The van der Waals surface area contributed by atoms with Crippen LogP contribution in [0, 0.1) is 5.41 Å². The minimum absolute atomic E-state index is 0. The molecule has 112 valence electrons. The lowest BCUT2D eigenvalue weighted by molar-refractivity contribution is -0.122. The second kappa shape index (κ2) is 7.65. The zero-order valence-corrected chi connectivity index (χ0v) is 12.9. The average Bonchev–Trinajstić information content (AvgIpc) is 3.17. The van der Waals surface area contributed by atoms with Gasteiger partial charge in [-0.05, 0) is 36.7 Å². The second-order valence-electron chi connectivity index (χ2n) is 5.78. The van der Waals surface area contributed by atoms with Crippen molar-refractivity contribution in [2.24, 2.45) is 11.1 Å². The van der Waals surface area contributed by atoms with E-state index in [-0.39, 0.29) is 29.8 Å². The van der Waals surface area contributed by atoms with Crippen molar-refractivity contribution in [3.8, 4) is 0 Å². The lowest BCUT2D eigenvalue weighted by atomic mass is 9.96. The third-order valence-electron chi connectivity index (χ3n) is 3.95. The molecular formula is C16H25ClN2O. The van der Waals surface area contributed by atoms with E-state index in [1.807, 2.05) is 13.0 Å². The fourth-order valence-corrected chi connectivity index (χ4v) is 2.47. The van der Waals surface area contributed by atoms with Gasteiger partial charge in [-0.1, -0.05) is 43.7 Å². The van der Waals surface area contributed by atoms with E-state index in [9.17, 15) is 4.79 Å². The Labute approximate surface area is 127 Å². The van der Waals surface area contributed by atoms with Gasteiger partial charge < -0.3 is 11.1 Å². The Morgan fingerprint density at radius 1 is 1.35 bits per heavy atom. The molecule has 4 heteroatoms. The quantitative estimate of drug-likeness (QED) is 0.813. The maximum absolute atomic E-state index is 11.8. The number of carbonyl (C=O) groups excluding carboxylic acids is 1. The fraction of sp³-hybridized carbons (Fsp3) is 0.562. The van der Waals surface area contributed by atoms with Crippen LogP contribution in [0.25, 0.3) is 0 Å². The van der Waals surface area contributed by atoms with Crippen molar-refractivity contribution in [1.82, 2.24) is 5.32 Å². The number of rotatable bonds is 7. The maximum atomic E-state index is 11.8. The van der Waals surface area contributed by atoms with Gasteiger partial charge in [0.05, 0.1) is 6.04 Å². The summed E-state index contributed by atoms with van der Waals surface area (Å²) in [6.07, 6.45) is 5.16. The van der Waals surface area contributed by atoms with Gasteiger partial charge in [0.2, 0.25) is 5.91 Å². The summed E-state index contributed by atoms with van der Waals surface area (Å²) >= 11 is 0. The molecule has 0 heterocycles. The highest BCUT2D eigenvalue weighted by molar-refractivity contribution is 5.85. The van der Waals surface area contributed by atoms with Crippen LogP contribution in [-0.2, 0) is 11.2 Å². The molecule has 1 amide bonds. The fourth-order valence-electron chi connectivity index (χ4n) is 2.47. The molecule has 1 atom stereocenters. The molecule has 1 aliphatic carbocycles. The first-order chi connectivity index (χ1) is 9.15. The molecule has 1 aromatic carbocycles. The number of amides is 1. The van der Waals surface area contributed by atoms with Gasteiger partial charge >= 0.3 is 0 Å². The van der Waals surface area contributed by atoms with Gasteiger partial charge in [-0.3, -0.25) is 4.79 Å². The number of hydrogen-bond donors (Lipinski definition) is 2. The Hall–Kier alpha value is -1.06. The van der Waals surface area contributed by atoms with Crippen LogP contribution in [0.2, 0.25) is 0 Å². The minimum atomic E-state index is -0.350. The topological polar surface area (TPSA) is 55.1 Å². The summed E-state index contributed by atoms with van der Waals surface area (Å²) in [6.45, 7) is 2.81. The van der Waals surface area contributed by atoms with Gasteiger partial charge in [-0.15, -0.1) is 12.4 Å². The number of benzene rings is 1. The lowest BCUT2D eigenvalue weighted by Crippen LogP contribution is -2.43. The van der Waals surface area contributed by atoms with Crippen molar-refractivity contribution in [2.75, 3.05) is 6.54 Å². The highest BCUT2D eigenvalue weighted by Gasteiger charge is 2.42. The molecule has 0 saturated heterocycles. The second-order valence-corrected chi connectivity index (χ2v) is 5.78. The van der Waals surface area contributed by atoms with Crippen LogP contribution in [0.1, 0.15) is 38.2 Å². The number of hydrogen-bond acceptors (Lipinski definition) is 2. The molecule has 0 radical (unpaired) electrons. The van der Waals surface area contributed by atoms with E-state index in [2.05, 4.69) is 29.6 Å². The van der Waals surface area contributed by atoms with Gasteiger partial charge in [0, 0.05) is 6.54 Å². The van der Waals surface area contributed by atoms with Crippen molar-refractivity contribution in [2.45, 2.75) is 45.1 Å². The van der Waals surface area contributed by atoms with Crippen LogP contribution in [0.15, 0.2) is 30.3 Å². The highest BCUT2D eigenvalue weighted by atomic mass is 35.5. The van der Waals surface area contributed by atoms with E-state index in [0.717, 1.165) is 25.8 Å². The van der Waals surface area contributed by atoms with E-state index >= 15 is 0 Å². The number of halogens is 1. The lowest BCUT2D eigenvalue weighted by Gasteiger charge is -2.18. The molecule has 0 aliphatic heterocycles. The molecule has 1 fully saturated rings. The predicted molar refractivity (Wildman–Crippen MR) is 85.0 cm³/mol. The zero-order chi connectivity index (χ0) is 13.7. The Morgan fingerprint density at radius 3 is 2.55 bits per heavy atom. The normalized spacial score (nSPS) is 16.9. The van der Waals surface area contributed by atoms with E-state index in [4.69, 9.17) is 5.73 Å². The van der Waals surface area contributed by atoms with Crippen molar-refractivity contribution in [1.29, 1.82) is 0 Å². The summed E-state index contributed by atoms with van der Waals surface area (Å²) in [7, 11) is 0. The molecule has 0 bridgehead atoms. The van der Waals surface area contributed by atoms with Crippen molar-refractivity contribution >= 4 is 18.3 Å². The molecule has 20 heavy (non-hydrogen) atoms. The highest BCUT2D eigenvalue weighted by Crippen LogP contribution is 2.47. The molecule has 3 nitrogen and oxygen atoms in total. The van der Waals surface area contributed by atoms with Gasteiger partial charge in [0.1, 0.15) is 0 Å². The number of carbonyl (C=O) groups is 1. The Balaban J connectivity index is 0.00000200. The Bertz CT molecular complexity index is 418. The first-order valence-electron chi connectivity index (χ1n) is 7.22. The third-order valence-corrected chi connectivity index (χ3v) is 3.95. The summed E-state index contributed by atoms with van der Waals surface area (Å²) in [4.78, 5) is 11.8. The van der Waals surface area contributed by atoms with Crippen molar-refractivity contribution in [3.05, 3.63) is 35.9 Å². The molecule has 1 saturated carbocycles. The predicted octanol–water partition coefficient (Wildman–Crippen LogP) is 2.67. The molecule has 1 aromatic rings. The maximum Gasteiger partial charge on any atom is 0.236 e. The van der Waals surface area contributed by atoms with Crippen LogP contribution >= 0.6 is 12.4 Å². The molecule has 1 aliphatic rings. The van der Waals surface area contributed by atoms with Gasteiger partial charge in [0.15, 0.2) is 0 Å². The van der Waals surface area contributed by atoms with Crippen LogP contribution in [0.3, 0.4) is 0 Å². The van der Waals surface area contributed by atoms with Gasteiger partial charge in [-0.2, -0.15) is 0 Å². The van der Waals surface area contributed by atoms with E-state index in [1.54, 1.807) is 0 Å². The van der Waals surface area contributed by atoms with Crippen molar-refractivity contribution in [3.63, 3.8) is 0 Å². The summed E-state index contributed by atoms with van der Waals surface area (Å²) in [6, 6.07) is 10.1. The van der Waals surface area contributed by atoms with E-state index in [0.29, 0.717) is 0 Å². The Morgan fingerprint density at radius 2 is 2.00 bits per heavy atom. The van der Waals surface area contributed by atoms with E-state index in [1.165, 1.54) is 18.4 Å². The summed E-state index contributed by atoms with van der Waals surface area (Å²) in [5, 5.41) is 3.03. The summed E-state index contributed by atoms with van der Waals surface area (Å²) < 4.78 is 0. The SMILES string of the molecule is CCCC(N)C(=O)NCC1(Cc2ccccc2)CC1.Cl. The molecule has 0 spiro atoms. The zero-order valence-electron chi connectivity index (χ0n) is 12.1. The molecule has 3 N–H and O–H groups in total. The van der Waals surface area contributed by atoms with Crippen LogP contribution in [0.4, 0.5) is 0 Å². The van der Waals surface area contributed by atoms with Crippen LogP contribution in [-0.4, -0.2) is 18.5 Å². The van der Waals surface area contributed by atoms with Gasteiger partial charge in [-0.25, -0.2) is 0 Å². The van der Waals surface area contributed by atoms with Crippen LogP contribution < -0.4 is 11.1 Å². The first kappa shape index (κ1) is 17.0. The standard InChI is InChI=1S/C16H24N2O.ClH/c1-2-6-14(17)15(19)18-12-16(9-10-16)11-13-7-4-3-5-8-13;/h3-5,7-8,14H,2,6,9-12,17H2,1H3,(H,18,19);1H.